The molecule has 27 heavy (non-hydrogen) atoms. The standard InChI is InChI=1S/C20H20FN3O3/c1-12-20(26)24(16-4-2-3-5-17(16)27-12)11-18(25)23-15-7-6-13-10-22-9-8-14(13)19(15)21/h2-7,12,22H,8-11H2,1H3,(H,23,25). The number of amides is 2. The first-order chi connectivity index (χ1) is 13.0. The van der Waals surface area contributed by atoms with Gasteiger partial charge in [-0.1, -0.05) is 18.2 Å². The molecule has 1 atom stereocenters. The molecule has 2 aromatic carbocycles. The van der Waals surface area contributed by atoms with Gasteiger partial charge in [-0.15, -0.1) is 0 Å². The number of rotatable bonds is 3. The summed E-state index contributed by atoms with van der Waals surface area (Å²) < 4.78 is 20.3. The van der Waals surface area contributed by atoms with E-state index in [0.717, 1.165) is 5.56 Å². The SMILES string of the molecule is CC1Oc2ccccc2N(CC(=O)Nc2ccc3c(c2F)CCNC3)C1=O. The summed E-state index contributed by atoms with van der Waals surface area (Å²) in [6.45, 7) is 2.76. The number of nitrogens with zero attached hydrogens (tertiary/aromatic N) is 1. The van der Waals surface area contributed by atoms with Crippen LogP contribution in [-0.4, -0.2) is 31.0 Å². The lowest BCUT2D eigenvalue weighted by Gasteiger charge is -2.32. The second-order valence-electron chi connectivity index (χ2n) is 6.69. The highest BCUT2D eigenvalue weighted by Gasteiger charge is 2.32. The third kappa shape index (κ3) is 3.26. The van der Waals surface area contributed by atoms with Crippen LogP contribution in [0.1, 0.15) is 18.1 Å². The van der Waals surface area contributed by atoms with Gasteiger partial charge < -0.3 is 15.4 Å². The Morgan fingerprint density at radius 1 is 1.33 bits per heavy atom. The van der Waals surface area contributed by atoms with E-state index in [0.29, 0.717) is 36.5 Å². The zero-order valence-corrected chi connectivity index (χ0v) is 14.9. The maximum Gasteiger partial charge on any atom is 0.268 e. The van der Waals surface area contributed by atoms with Crippen molar-refractivity contribution in [3.05, 3.63) is 53.3 Å². The van der Waals surface area contributed by atoms with Crippen molar-refractivity contribution in [1.82, 2.24) is 5.32 Å². The van der Waals surface area contributed by atoms with Gasteiger partial charge in [-0.2, -0.15) is 0 Å². The number of fused-ring (bicyclic) bond motifs is 2. The van der Waals surface area contributed by atoms with Crippen molar-refractivity contribution < 1.29 is 18.7 Å². The van der Waals surface area contributed by atoms with Crippen LogP contribution < -0.4 is 20.3 Å². The van der Waals surface area contributed by atoms with Crippen molar-refractivity contribution >= 4 is 23.2 Å². The normalized spacial score (nSPS) is 18.4. The van der Waals surface area contributed by atoms with Gasteiger partial charge in [0.15, 0.2) is 6.10 Å². The van der Waals surface area contributed by atoms with E-state index in [1.807, 2.05) is 6.07 Å². The smallest absolute Gasteiger partial charge is 0.268 e. The van der Waals surface area contributed by atoms with E-state index in [9.17, 15) is 14.0 Å². The number of carbonyl (C=O) groups excluding carboxylic acids is 2. The van der Waals surface area contributed by atoms with Crippen LogP contribution in [0.3, 0.4) is 0 Å². The molecule has 2 amide bonds. The summed E-state index contributed by atoms with van der Waals surface area (Å²) in [7, 11) is 0. The van der Waals surface area contributed by atoms with Crippen molar-refractivity contribution in [2.24, 2.45) is 0 Å². The van der Waals surface area contributed by atoms with Gasteiger partial charge in [-0.05, 0) is 49.2 Å². The Hall–Kier alpha value is -2.93. The van der Waals surface area contributed by atoms with Crippen LogP contribution in [0.4, 0.5) is 15.8 Å². The van der Waals surface area contributed by atoms with E-state index in [2.05, 4.69) is 10.6 Å². The third-order valence-corrected chi connectivity index (χ3v) is 4.86. The Morgan fingerprint density at radius 2 is 2.15 bits per heavy atom. The van der Waals surface area contributed by atoms with Crippen LogP contribution >= 0.6 is 0 Å². The molecule has 4 rings (SSSR count). The predicted octanol–water partition coefficient (Wildman–Crippen LogP) is 2.22. The molecular formula is C20H20FN3O3. The van der Waals surface area contributed by atoms with Crippen molar-refractivity contribution in [3.63, 3.8) is 0 Å². The second kappa shape index (κ2) is 7.00. The molecule has 0 aliphatic carbocycles. The molecule has 0 bridgehead atoms. The molecule has 0 saturated carbocycles. The first-order valence-electron chi connectivity index (χ1n) is 8.92. The minimum Gasteiger partial charge on any atom is -0.479 e. The van der Waals surface area contributed by atoms with Gasteiger partial charge in [0.2, 0.25) is 5.91 Å². The number of halogens is 1. The topological polar surface area (TPSA) is 70.7 Å². The number of anilines is 2. The molecule has 0 aromatic heterocycles. The molecule has 140 valence electrons. The third-order valence-electron chi connectivity index (χ3n) is 4.86. The summed E-state index contributed by atoms with van der Waals surface area (Å²) in [5.41, 5.74) is 2.21. The summed E-state index contributed by atoms with van der Waals surface area (Å²) in [5, 5.41) is 5.80. The van der Waals surface area contributed by atoms with Gasteiger partial charge in [0.25, 0.3) is 5.91 Å². The quantitative estimate of drug-likeness (QED) is 0.870. The van der Waals surface area contributed by atoms with Gasteiger partial charge in [0.1, 0.15) is 18.1 Å². The maximum atomic E-state index is 14.7. The number of hydrogen-bond donors (Lipinski definition) is 2. The molecule has 2 N–H and O–H groups in total. The van der Waals surface area contributed by atoms with Gasteiger partial charge in [0, 0.05) is 6.54 Å². The Morgan fingerprint density at radius 3 is 3.00 bits per heavy atom. The van der Waals surface area contributed by atoms with Crippen LogP contribution in [0, 0.1) is 5.82 Å². The van der Waals surface area contributed by atoms with E-state index in [1.54, 1.807) is 37.3 Å². The number of nitrogens with one attached hydrogen (secondary N) is 2. The molecular weight excluding hydrogens is 349 g/mol. The van der Waals surface area contributed by atoms with Crippen molar-refractivity contribution in [2.75, 3.05) is 23.3 Å². The molecule has 0 spiro atoms. The number of ether oxygens (including phenoxy) is 1. The fourth-order valence-electron chi connectivity index (χ4n) is 3.49. The zero-order valence-electron chi connectivity index (χ0n) is 14.9. The largest absolute Gasteiger partial charge is 0.479 e. The minimum atomic E-state index is -0.680. The van der Waals surface area contributed by atoms with Crippen molar-refractivity contribution in [1.29, 1.82) is 0 Å². The second-order valence-corrected chi connectivity index (χ2v) is 6.69. The summed E-state index contributed by atoms with van der Waals surface area (Å²) in [4.78, 5) is 26.4. The molecule has 2 heterocycles. The first-order valence-corrected chi connectivity index (χ1v) is 8.92. The monoisotopic (exact) mass is 369 g/mol. The number of para-hydroxylation sites is 2. The lowest BCUT2D eigenvalue weighted by atomic mass is 9.99. The zero-order chi connectivity index (χ0) is 19.0. The number of carbonyl (C=O) groups is 2. The molecule has 1 unspecified atom stereocenters. The lowest BCUT2D eigenvalue weighted by Crippen LogP contribution is -2.47. The average Bonchev–Trinajstić information content (AvgIpc) is 2.68. The van der Waals surface area contributed by atoms with Crippen LogP contribution in [0.25, 0.3) is 0 Å². The van der Waals surface area contributed by atoms with E-state index in [4.69, 9.17) is 4.74 Å². The summed E-state index contributed by atoms with van der Waals surface area (Å²) >= 11 is 0. The fraction of sp³-hybridized carbons (Fsp3) is 0.300. The number of hydrogen-bond acceptors (Lipinski definition) is 4. The van der Waals surface area contributed by atoms with Crippen molar-refractivity contribution in [2.45, 2.75) is 26.0 Å². The van der Waals surface area contributed by atoms with Crippen LogP contribution in [0.5, 0.6) is 5.75 Å². The van der Waals surface area contributed by atoms with Gasteiger partial charge >= 0.3 is 0 Å². The molecule has 0 fully saturated rings. The average molecular weight is 369 g/mol. The highest BCUT2D eigenvalue weighted by Crippen LogP contribution is 2.33. The molecule has 2 aliphatic heterocycles. The maximum absolute atomic E-state index is 14.7. The molecule has 6 nitrogen and oxygen atoms in total. The molecule has 0 saturated heterocycles. The first kappa shape index (κ1) is 17.5. The molecule has 2 aliphatic rings. The van der Waals surface area contributed by atoms with Gasteiger partial charge in [-0.25, -0.2) is 4.39 Å². The predicted molar refractivity (Wildman–Crippen MR) is 99.3 cm³/mol. The molecule has 7 heteroatoms. The van der Waals surface area contributed by atoms with Crippen LogP contribution in [0.2, 0.25) is 0 Å². The Kier molecular flexibility index (Phi) is 4.53. The fourth-order valence-corrected chi connectivity index (χ4v) is 3.49. The number of benzene rings is 2. The molecule has 2 aromatic rings. The Bertz CT molecular complexity index is 915. The Balaban J connectivity index is 1.54. The summed E-state index contributed by atoms with van der Waals surface area (Å²) in [6, 6.07) is 10.4. The van der Waals surface area contributed by atoms with E-state index in [1.165, 1.54) is 4.90 Å². The summed E-state index contributed by atoms with van der Waals surface area (Å²) in [5.74, 6) is -0.616. The van der Waals surface area contributed by atoms with Crippen LogP contribution in [0.15, 0.2) is 36.4 Å². The summed E-state index contributed by atoms with van der Waals surface area (Å²) in [6.07, 6.45) is -0.0989. The van der Waals surface area contributed by atoms with Gasteiger partial charge in [0.05, 0.1) is 11.4 Å². The van der Waals surface area contributed by atoms with Crippen molar-refractivity contribution in [3.8, 4) is 5.75 Å². The minimum absolute atomic E-state index is 0.141. The highest BCUT2D eigenvalue weighted by molar-refractivity contribution is 6.06. The van der Waals surface area contributed by atoms with E-state index < -0.39 is 17.8 Å². The molecule has 0 radical (unpaired) electrons. The van der Waals surface area contributed by atoms with E-state index in [-0.39, 0.29) is 18.1 Å². The lowest BCUT2D eigenvalue weighted by molar-refractivity contribution is -0.127. The van der Waals surface area contributed by atoms with Crippen LogP contribution in [-0.2, 0) is 22.6 Å². The Labute approximate surface area is 156 Å². The highest BCUT2D eigenvalue weighted by atomic mass is 19.1. The van der Waals surface area contributed by atoms with Gasteiger partial charge in [-0.3, -0.25) is 14.5 Å². The van der Waals surface area contributed by atoms with E-state index >= 15 is 0 Å².